The van der Waals surface area contributed by atoms with Crippen molar-refractivity contribution in [2.75, 3.05) is 12.0 Å². The van der Waals surface area contributed by atoms with Crippen LogP contribution in [-0.4, -0.2) is 30.7 Å². The number of nitrogens with two attached hydrogens (primary N) is 1. The lowest BCUT2D eigenvalue weighted by Crippen LogP contribution is -2.42. The van der Waals surface area contributed by atoms with Crippen molar-refractivity contribution in [1.29, 1.82) is 0 Å². The van der Waals surface area contributed by atoms with Crippen LogP contribution in [0.2, 0.25) is 0 Å². The van der Waals surface area contributed by atoms with Gasteiger partial charge in [-0.1, -0.05) is 55.1 Å². The van der Waals surface area contributed by atoms with Crippen molar-refractivity contribution < 1.29 is 9.53 Å². The predicted molar refractivity (Wildman–Crippen MR) is 132 cm³/mol. The third-order valence-corrected chi connectivity index (χ3v) is 5.44. The van der Waals surface area contributed by atoms with Gasteiger partial charge in [-0.15, -0.1) is 0 Å². The lowest BCUT2D eigenvalue weighted by Gasteiger charge is -2.28. The molecule has 3 aromatic rings. The Morgan fingerprint density at radius 1 is 1.06 bits per heavy atom. The smallest absolute Gasteiger partial charge is 0.253 e. The van der Waals surface area contributed by atoms with Gasteiger partial charge in [0.05, 0.1) is 24.2 Å². The van der Waals surface area contributed by atoms with Gasteiger partial charge in [0.2, 0.25) is 0 Å². The third-order valence-electron chi connectivity index (χ3n) is 5.44. The maximum Gasteiger partial charge on any atom is 0.253 e. The van der Waals surface area contributed by atoms with Gasteiger partial charge in [-0.3, -0.25) is 14.7 Å². The van der Waals surface area contributed by atoms with Crippen molar-refractivity contribution in [3.05, 3.63) is 108 Å². The molecule has 1 amide bonds. The van der Waals surface area contributed by atoms with Gasteiger partial charge in [0.25, 0.3) is 5.91 Å². The van der Waals surface area contributed by atoms with E-state index in [-0.39, 0.29) is 5.91 Å². The second kappa shape index (κ2) is 9.40. The zero-order chi connectivity index (χ0) is 23.4. The number of benzene rings is 3. The van der Waals surface area contributed by atoms with Crippen LogP contribution in [-0.2, 0) is 0 Å². The number of hydrogen-bond acceptors (Lipinski definition) is 5. The number of amides is 1. The number of aliphatic imine (C=N–C) groups is 1. The summed E-state index contributed by atoms with van der Waals surface area (Å²) in [6.45, 7) is 6.04. The van der Waals surface area contributed by atoms with Crippen LogP contribution in [0.15, 0.2) is 101 Å². The largest absolute Gasteiger partial charge is 0.497 e. The summed E-state index contributed by atoms with van der Waals surface area (Å²) in [5, 5.41) is 6.90. The highest BCUT2D eigenvalue weighted by atomic mass is 16.5. The molecule has 0 saturated heterocycles. The SMILES string of the molecule is C=C1C(NC(=O)c2ccc(OC)cc2)N=C(c2ccccc2)c2ccccc2N1/C(C)=N\N. The number of fused-ring (bicyclic) bond motifs is 1. The summed E-state index contributed by atoms with van der Waals surface area (Å²) in [6.07, 6.45) is -0.751. The highest BCUT2D eigenvalue weighted by Gasteiger charge is 2.30. The molecule has 1 aliphatic rings. The van der Waals surface area contributed by atoms with E-state index < -0.39 is 6.17 Å². The Kier molecular flexibility index (Phi) is 6.22. The molecule has 0 aliphatic carbocycles. The fourth-order valence-corrected chi connectivity index (χ4v) is 3.75. The van der Waals surface area contributed by atoms with E-state index in [0.717, 1.165) is 22.5 Å². The van der Waals surface area contributed by atoms with Crippen molar-refractivity contribution in [3.63, 3.8) is 0 Å². The molecule has 1 aliphatic heterocycles. The maximum atomic E-state index is 13.1. The van der Waals surface area contributed by atoms with E-state index in [1.807, 2.05) is 59.5 Å². The van der Waals surface area contributed by atoms with Crippen molar-refractivity contribution in [2.24, 2.45) is 15.9 Å². The Balaban J connectivity index is 1.81. The van der Waals surface area contributed by atoms with Gasteiger partial charge in [0.15, 0.2) is 6.17 Å². The van der Waals surface area contributed by atoms with Crippen LogP contribution in [0.1, 0.15) is 28.4 Å². The minimum Gasteiger partial charge on any atom is -0.497 e. The first-order valence-corrected chi connectivity index (χ1v) is 10.4. The molecule has 3 N–H and O–H groups in total. The van der Waals surface area contributed by atoms with Crippen LogP contribution in [0.4, 0.5) is 5.69 Å². The Morgan fingerprint density at radius 2 is 1.73 bits per heavy atom. The number of amidine groups is 1. The van der Waals surface area contributed by atoms with Gasteiger partial charge in [0.1, 0.15) is 11.6 Å². The topological polar surface area (TPSA) is 92.3 Å². The minimum atomic E-state index is -0.751. The van der Waals surface area contributed by atoms with E-state index in [9.17, 15) is 4.79 Å². The average molecular weight is 440 g/mol. The number of para-hydroxylation sites is 1. The molecule has 1 unspecified atom stereocenters. The summed E-state index contributed by atoms with van der Waals surface area (Å²) >= 11 is 0. The molecule has 4 rings (SSSR count). The van der Waals surface area contributed by atoms with Crippen molar-refractivity contribution in [3.8, 4) is 5.75 Å². The van der Waals surface area contributed by atoms with E-state index >= 15 is 0 Å². The van der Waals surface area contributed by atoms with E-state index in [1.54, 1.807) is 38.3 Å². The molecule has 33 heavy (non-hydrogen) atoms. The number of hydrogen-bond donors (Lipinski definition) is 2. The highest BCUT2D eigenvalue weighted by Crippen LogP contribution is 2.32. The lowest BCUT2D eigenvalue weighted by atomic mass is 10.0. The van der Waals surface area contributed by atoms with Crippen molar-refractivity contribution in [1.82, 2.24) is 5.32 Å². The van der Waals surface area contributed by atoms with Gasteiger partial charge in [0, 0.05) is 16.7 Å². The summed E-state index contributed by atoms with van der Waals surface area (Å²) in [4.78, 5) is 19.9. The number of benzodiazepines with no additional fused rings is 1. The van der Waals surface area contributed by atoms with E-state index in [2.05, 4.69) is 17.0 Å². The predicted octanol–water partition coefficient (Wildman–Crippen LogP) is 3.91. The molecule has 0 fully saturated rings. The molecular weight excluding hydrogens is 414 g/mol. The van der Waals surface area contributed by atoms with E-state index in [0.29, 0.717) is 22.8 Å². The number of carbonyl (C=O) groups is 1. The molecule has 0 saturated carbocycles. The second-order valence-corrected chi connectivity index (χ2v) is 7.47. The van der Waals surface area contributed by atoms with Crippen LogP contribution in [0.3, 0.4) is 0 Å². The number of hydrazone groups is 1. The fraction of sp³-hybridized carbons (Fsp3) is 0.115. The lowest BCUT2D eigenvalue weighted by molar-refractivity contribution is 0.0944. The molecule has 3 aromatic carbocycles. The number of rotatable bonds is 4. The van der Waals surface area contributed by atoms with Gasteiger partial charge in [-0.25, -0.2) is 0 Å². The van der Waals surface area contributed by atoms with Crippen molar-refractivity contribution >= 4 is 23.1 Å². The Bertz CT molecular complexity index is 1230. The summed E-state index contributed by atoms with van der Waals surface area (Å²) < 4.78 is 5.18. The van der Waals surface area contributed by atoms with Crippen LogP contribution in [0.25, 0.3) is 0 Å². The van der Waals surface area contributed by atoms with Gasteiger partial charge < -0.3 is 15.9 Å². The Hall–Kier alpha value is -4.39. The zero-order valence-electron chi connectivity index (χ0n) is 18.5. The molecule has 7 nitrogen and oxygen atoms in total. The third kappa shape index (κ3) is 4.34. The Morgan fingerprint density at radius 3 is 2.39 bits per heavy atom. The van der Waals surface area contributed by atoms with Crippen LogP contribution >= 0.6 is 0 Å². The summed E-state index contributed by atoms with van der Waals surface area (Å²) in [5.74, 6) is 6.57. The number of nitrogens with one attached hydrogen (secondary N) is 1. The fourth-order valence-electron chi connectivity index (χ4n) is 3.75. The number of nitrogens with zero attached hydrogens (tertiary/aromatic N) is 3. The molecule has 0 aromatic heterocycles. The average Bonchev–Trinajstić information content (AvgIpc) is 2.98. The Labute approximate surface area is 192 Å². The maximum absolute atomic E-state index is 13.1. The first kappa shape index (κ1) is 21.8. The molecule has 0 spiro atoms. The normalized spacial score (nSPS) is 15.9. The van der Waals surface area contributed by atoms with E-state index in [1.165, 1.54) is 0 Å². The monoisotopic (exact) mass is 439 g/mol. The second-order valence-electron chi connectivity index (χ2n) is 7.47. The highest BCUT2D eigenvalue weighted by molar-refractivity contribution is 6.19. The zero-order valence-corrected chi connectivity index (χ0v) is 18.5. The number of carbonyl (C=O) groups excluding carboxylic acids is 1. The standard InChI is InChI=1S/C26H25N5O2/c1-17-25(29-26(32)20-13-15-21(33-3)16-14-20)28-24(19-9-5-4-6-10-19)22-11-7-8-12-23(22)31(17)18(2)30-27/h4-16,25H,1,27H2,2-3H3,(H,29,32)/b30-18-. The van der Waals surface area contributed by atoms with Gasteiger partial charge >= 0.3 is 0 Å². The molecule has 7 heteroatoms. The van der Waals surface area contributed by atoms with Crippen LogP contribution in [0, 0.1) is 0 Å². The summed E-state index contributed by atoms with van der Waals surface area (Å²) in [6, 6.07) is 24.5. The number of ether oxygens (including phenoxy) is 1. The molecule has 1 atom stereocenters. The quantitative estimate of drug-likeness (QED) is 0.279. The summed E-state index contributed by atoms with van der Waals surface area (Å²) in [7, 11) is 1.58. The summed E-state index contributed by atoms with van der Waals surface area (Å²) in [5.41, 5.74) is 4.39. The number of anilines is 1. The van der Waals surface area contributed by atoms with Crippen LogP contribution < -0.4 is 20.8 Å². The van der Waals surface area contributed by atoms with E-state index in [4.69, 9.17) is 15.6 Å². The first-order chi connectivity index (χ1) is 16.0. The van der Waals surface area contributed by atoms with Crippen molar-refractivity contribution in [2.45, 2.75) is 13.1 Å². The molecule has 0 bridgehead atoms. The number of methoxy groups -OCH3 is 1. The van der Waals surface area contributed by atoms with Gasteiger partial charge in [-0.2, -0.15) is 5.10 Å². The minimum absolute atomic E-state index is 0.284. The molecule has 0 radical (unpaired) electrons. The first-order valence-electron chi connectivity index (χ1n) is 10.4. The molecule has 166 valence electrons. The molecule has 1 heterocycles. The molecular formula is C26H25N5O2. The van der Waals surface area contributed by atoms with Crippen LogP contribution in [0.5, 0.6) is 5.75 Å². The van der Waals surface area contributed by atoms with Gasteiger partial charge in [-0.05, 0) is 37.3 Å².